The number of carbonyl (C=O) groups is 1. The summed E-state index contributed by atoms with van der Waals surface area (Å²) in [4.78, 5) is 23.2. The molecule has 0 spiro atoms. The Balaban J connectivity index is 2.80. The standard InChI is InChI=1S/C13H13NO6/c1-14-11(12(15)16)10(13(17)20-14)8-6-7(18-2)4-5-9(8)19-3/h4-6H,1-3H3,(H,15,16). The van der Waals surface area contributed by atoms with Crippen LogP contribution >= 0.6 is 0 Å². The molecule has 0 saturated carbocycles. The van der Waals surface area contributed by atoms with E-state index < -0.39 is 11.6 Å². The number of carboxylic acid groups (broad SMARTS) is 1. The third-order valence-electron chi connectivity index (χ3n) is 2.85. The van der Waals surface area contributed by atoms with Gasteiger partial charge in [0.1, 0.15) is 17.1 Å². The first-order chi connectivity index (χ1) is 9.49. The molecule has 0 amide bonds. The SMILES string of the molecule is COc1ccc(OC)c(-c2c(C(=O)O)n(C)oc2=O)c1. The van der Waals surface area contributed by atoms with Gasteiger partial charge in [0.25, 0.3) is 0 Å². The molecule has 0 unspecified atom stereocenters. The van der Waals surface area contributed by atoms with Gasteiger partial charge in [-0.3, -0.25) is 0 Å². The van der Waals surface area contributed by atoms with Crippen LogP contribution in [0.25, 0.3) is 11.1 Å². The highest BCUT2D eigenvalue weighted by atomic mass is 16.5. The number of carboxylic acids is 1. The Morgan fingerprint density at radius 1 is 1.30 bits per heavy atom. The topological polar surface area (TPSA) is 90.9 Å². The van der Waals surface area contributed by atoms with Crippen molar-refractivity contribution in [1.29, 1.82) is 0 Å². The van der Waals surface area contributed by atoms with E-state index in [1.165, 1.54) is 27.3 Å². The van der Waals surface area contributed by atoms with Crippen LogP contribution in [0.3, 0.4) is 0 Å². The Hall–Kier alpha value is -2.70. The number of hydrogen-bond donors (Lipinski definition) is 1. The average Bonchev–Trinajstić information content (AvgIpc) is 2.72. The number of rotatable bonds is 4. The predicted molar refractivity (Wildman–Crippen MR) is 69.4 cm³/mol. The molecule has 0 atom stereocenters. The lowest BCUT2D eigenvalue weighted by Crippen LogP contribution is -2.07. The molecular weight excluding hydrogens is 266 g/mol. The molecule has 20 heavy (non-hydrogen) atoms. The van der Waals surface area contributed by atoms with Crippen molar-refractivity contribution in [2.45, 2.75) is 0 Å². The second-order valence-corrected chi connectivity index (χ2v) is 3.97. The van der Waals surface area contributed by atoms with Crippen molar-refractivity contribution in [3.63, 3.8) is 0 Å². The Morgan fingerprint density at radius 3 is 2.55 bits per heavy atom. The molecule has 0 aliphatic rings. The summed E-state index contributed by atoms with van der Waals surface area (Å²) in [6.45, 7) is 0. The minimum Gasteiger partial charge on any atom is -0.497 e. The third kappa shape index (κ3) is 2.13. The van der Waals surface area contributed by atoms with Crippen LogP contribution in [0.4, 0.5) is 0 Å². The molecule has 1 N–H and O–H groups in total. The zero-order valence-corrected chi connectivity index (χ0v) is 11.2. The third-order valence-corrected chi connectivity index (χ3v) is 2.85. The smallest absolute Gasteiger partial charge is 0.366 e. The van der Waals surface area contributed by atoms with E-state index in [0.29, 0.717) is 17.1 Å². The molecule has 0 fully saturated rings. The Kier molecular flexibility index (Phi) is 3.51. The molecule has 7 heteroatoms. The Bertz CT molecular complexity index is 712. The van der Waals surface area contributed by atoms with Crippen molar-refractivity contribution in [3.8, 4) is 22.6 Å². The van der Waals surface area contributed by atoms with Gasteiger partial charge in [-0.05, 0) is 18.2 Å². The number of aryl methyl sites for hydroxylation is 1. The van der Waals surface area contributed by atoms with Gasteiger partial charge in [0.05, 0.1) is 14.2 Å². The molecular formula is C13H13NO6. The lowest BCUT2D eigenvalue weighted by Gasteiger charge is -2.09. The number of aromatic nitrogens is 1. The van der Waals surface area contributed by atoms with Crippen molar-refractivity contribution in [2.75, 3.05) is 14.2 Å². The van der Waals surface area contributed by atoms with E-state index in [4.69, 9.17) is 14.0 Å². The minimum atomic E-state index is -1.27. The summed E-state index contributed by atoms with van der Waals surface area (Å²) in [5.41, 5.74) is -0.771. The van der Waals surface area contributed by atoms with Gasteiger partial charge in [-0.15, -0.1) is 0 Å². The van der Waals surface area contributed by atoms with Crippen LogP contribution in [-0.4, -0.2) is 30.0 Å². The van der Waals surface area contributed by atoms with Crippen molar-refractivity contribution in [2.24, 2.45) is 7.05 Å². The number of nitrogens with zero attached hydrogens (tertiary/aromatic N) is 1. The molecule has 0 saturated heterocycles. The van der Waals surface area contributed by atoms with Crippen LogP contribution in [0.5, 0.6) is 11.5 Å². The molecule has 0 radical (unpaired) electrons. The fourth-order valence-corrected chi connectivity index (χ4v) is 1.96. The molecule has 106 valence electrons. The summed E-state index contributed by atoms with van der Waals surface area (Å²) in [6.07, 6.45) is 0. The van der Waals surface area contributed by atoms with Gasteiger partial charge in [0, 0.05) is 12.6 Å². The van der Waals surface area contributed by atoms with Gasteiger partial charge in [-0.25, -0.2) is 14.3 Å². The largest absolute Gasteiger partial charge is 0.497 e. The van der Waals surface area contributed by atoms with E-state index in [2.05, 4.69) is 0 Å². The zero-order valence-electron chi connectivity index (χ0n) is 11.2. The van der Waals surface area contributed by atoms with Crippen molar-refractivity contribution < 1.29 is 23.9 Å². The van der Waals surface area contributed by atoms with Gasteiger partial charge < -0.3 is 19.1 Å². The Morgan fingerprint density at radius 2 is 2.00 bits per heavy atom. The van der Waals surface area contributed by atoms with E-state index in [1.807, 2.05) is 0 Å². The quantitative estimate of drug-likeness (QED) is 0.908. The van der Waals surface area contributed by atoms with Gasteiger partial charge in [-0.2, -0.15) is 0 Å². The van der Waals surface area contributed by atoms with E-state index in [9.17, 15) is 14.7 Å². The highest BCUT2D eigenvalue weighted by Crippen LogP contribution is 2.33. The fourth-order valence-electron chi connectivity index (χ4n) is 1.96. The van der Waals surface area contributed by atoms with Crippen LogP contribution in [-0.2, 0) is 7.05 Å². The van der Waals surface area contributed by atoms with Gasteiger partial charge in [0.2, 0.25) is 0 Å². The van der Waals surface area contributed by atoms with E-state index in [-0.39, 0.29) is 11.3 Å². The molecule has 1 aromatic carbocycles. The Labute approximate surface area is 113 Å². The number of hydrogen-bond acceptors (Lipinski definition) is 5. The van der Waals surface area contributed by atoms with Gasteiger partial charge in [-0.1, -0.05) is 0 Å². The van der Waals surface area contributed by atoms with Crippen molar-refractivity contribution in [3.05, 3.63) is 34.3 Å². The summed E-state index contributed by atoms with van der Waals surface area (Å²) in [7, 11) is 4.24. The number of methoxy groups -OCH3 is 2. The zero-order chi connectivity index (χ0) is 14.9. The number of benzene rings is 1. The van der Waals surface area contributed by atoms with Crippen molar-refractivity contribution >= 4 is 5.97 Å². The van der Waals surface area contributed by atoms with Crippen molar-refractivity contribution in [1.82, 2.24) is 4.74 Å². The molecule has 7 nitrogen and oxygen atoms in total. The van der Waals surface area contributed by atoms with Gasteiger partial charge >= 0.3 is 11.6 Å². The molecule has 0 bridgehead atoms. The molecule has 1 aromatic heterocycles. The van der Waals surface area contributed by atoms with E-state index in [0.717, 1.165) is 4.74 Å². The fraction of sp³-hybridized carbons (Fsp3) is 0.231. The maximum absolute atomic E-state index is 11.9. The monoisotopic (exact) mass is 279 g/mol. The van der Waals surface area contributed by atoms with E-state index in [1.54, 1.807) is 12.1 Å². The molecule has 2 aromatic rings. The summed E-state index contributed by atoms with van der Waals surface area (Å²) < 4.78 is 16.0. The second kappa shape index (κ2) is 5.12. The van der Waals surface area contributed by atoms with Crippen LogP contribution in [0, 0.1) is 0 Å². The maximum atomic E-state index is 11.9. The predicted octanol–water partition coefficient (Wildman–Crippen LogP) is 1.36. The maximum Gasteiger partial charge on any atom is 0.366 e. The first-order valence-corrected chi connectivity index (χ1v) is 5.65. The normalized spacial score (nSPS) is 10.3. The molecule has 2 rings (SSSR count). The number of aromatic carboxylic acids is 1. The highest BCUT2D eigenvalue weighted by Gasteiger charge is 2.25. The summed E-state index contributed by atoms with van der Waals surface area (Å²) in [5.74, 6) is -0.439. The van der Waals surface area contributed by atoms with Gasteiger partial charge in [0.15, 0.2) is 5.69 Å². The second-order valence-electron chi connectivity index (χ2n) is 3.97. The first kappa shape index (κ1) is 13.7. The molecule has 0 aliphatic carbocycles. The summed E-state index contributed by atoms with van der Waals surface area (Å²) in [6, 6.07) is 4.76. The average molecular weight is 279 g/mol. The summed E-state index contributed by atoms with van der Waals surface area (Å²) in [5, 5.41) is 9.22. The van der Waals surface area contributed by atoms with Crippen LogP contribution < -0.4 is 15.1 Å². The minimum absolute atomic E-state index is 0.0734. The lowest BCUT2D eigenvalue weighted by atomic mass is 10.0. The van der Waals surface area contributed by atoms with Crippen LogP contribution in [0.15, 0.2) is 27.5 Å². The van der Waals surface area contributed by atoms with Crippen LogP contribution in [0.1, 0.15) is 10.5 Å². The first-order valence-electron chi connectivity index (χ1n) is 5.65. The number of ether oxygens (including phenoxy) is 2. The summed E-state index contributed by atoms with van der Waals surface area (Å²) >= 11 is 0. The molecule has 1 heterocycles. The lowest BCUT2D eigenvalue weighted by molar-refractivity contribution is 0.0673. The molecule has 0 aliphatic heterocycles. The highest BCUT2D eigenvalue weighted by molar-refractivity contribution is 5.95. The van der Waals surface area contributed by atoms with Crippen LogP contribution in [0.2, 0.25) is 0 Å². The van der Waals surface area contributed by atoms with E-state index >= 15 is 0 Å².